The third kappa shape index (κ3) is 4.74. The zero-order chi connectivity index (χ0) is 15.2. The van der Waals surface area contributed by atoms with Crippen molar-refractivity contribution >= 4 is 5.84 Å². The standard InChI is InChI=1S/C17H27N3O/c1-13(2)11-20(9-8-17(18)19-21)12-14-6-7-15-4-3-5-16(15)10-14/h6-7,10,13,21H,3-5,8-9,11-12H2,1-2H3,(H2,18,19). The van der Waals surface area contributed by atoms with E-state index in [0.29, 0.717) is 18.2 Å². The molecular formula is C17H27N3O. The Bertz CT molecular complexity index is 497. The largest absolute Gasteiger partial charge is 0.409 e. The van der Waals surface area contributed by atoms with Gasteiger partial charge >= 0.3 is 0 Å². The van der Waals surface area contributed by atoms with E-state index in [-0.39, 0.29) is 0 Å². The molecule has 1 aliphatic carbocycles. The molecule has 0 radical (unpaired) electrons. The molecule has 0 spiro atoms. The maximum atomic E-state index is 8.67. The average Bonchev–Trinajstić information content (AvgIpc) is 2.91. The number of rotatable bonds is 7. The maximum Gasteiger partial charge on any atom is 0.140 e. The van der Waals surface area contributed by atoms with Crippen molar-refractivity contribution in [2.24, 2.45) is 16.8 Å². The highest BCUT2D eigenvalue weighted by molar-refractivity contribution is 5.79. The van der Waals surface area contributed by atoms with Gasteiger partial charge in [-0.15, -0.1) is 0 Å². The fourth-order valence-corrected chi connectivity index (χ4v) is 3.06. The van der Waals surface area contributed by atoms with E-state index in [1.165, 1.54) is 36.0 Å². The van der Waals surface area contributed by atoms with E-state index in [4.69, 9.17) is 10.9 Å². The Morgan fingerprint density at radius 1 is 1.33 bits per heavy atom. The Morgan fingerprint density at radius 3 is 2.81 bits per heavy atom. The molecule has 0 aliphatic heterocycles. The van der Waals surface area contributed by atoms with Gasteiger partial charge in [0.05, 0.1) is 0 Å². The number of benzene rings is 1. The zero-order valence-corrected chi connectivity index (χ0v) is 13.2. The van der Waals surface area contributed by atoms with Gasteiger partial charge in [0.15, 0.2) is 0 Å². The molecule has 0 saturated carbocycles. The van der Waals surface area contributed by atoms with E-state index in [9.17, 15) is 0 Å². The maximum absolute atomic E-state index is 8.67. The van der Waals surface area contributed by atoms with Gasteiger partial charge in [-0.25, -0.2) is 0 Å². The van der Waals surface area contributed by atoms with Crippen LogP contribution in [0, 0.1) is 5.92 Å². The summed E-state index contributed by atoms with van der Waals surface area (Å²) in [5.41, 5.74) is 10.0. The lowest BCUT2D eigenvalue weighted by Gasteiger charge is -2.24. The molecule has 2 rings (SSSR count). The van der Waals surface area contributed by atoms with Crippen molar-refractivity contribution in [1.82, 2.24) is 4.90 Å². The highest BCUT2D eigenvalue weighted by Crippen LogP contribution is 2.23. The van der Waals surface area contributed by atoms with Crippen LogP contribution in [0.3, 0.4) is 0 Å². The smallest absolute Gasteiger partial charge is 0.140 e. The van der Waals surface area contributed by atoms with E-state index in [1.54, 1.807) is 0 Å². The first-order valence-electron chi connectivity index (χ1n) is 7.88. The quantitative estimate of drug-likeness (QED) is 0.351. The van der Waals surface area contributed by atoms with Crippen molar-refractivity contribution in [3.05, 3.63) is 34.9 Å². The molecule has 0 amide bonds. The minimum Gasteiger partial charge on any atom is -0.409 e. The second kappa shape index (κ2) is 7.46. The summed E-state index contributed by atoms with van der Waals surface area (Å²) in [6.45, 7) is 7.23. The summed E-state index contributed by atoms with van der Waals surface area (Å²) in [6.07, 6.45) is 4.35. The van der Waals surface area contributed by atoms with E-state index in [2.05, 4.69) is 42.1 Å². The number of fused-ring (bicyclic) bond motifs is 1. The molecule has 0 bridgehead atoms. The molecule has 116 valence electrons. The topological polar surface area (TPSA) is 61.8 Å². The van der Waals surface area contributed by atoms with Crippen LogP contribution in [0.5, 0.6) is 0 Å². The van der Waals surface area contributed by atoms with Crippen molar-refractivity contribution in [3.8, 4) is 0 Å². The predicted molar refractivity (Wildman–Crippen MR) is 86.6 cm³/mol. The van der Waals surface area contributed by atoms with Gasteiger partial charge in [0.1, 0.15) is 5.84 Å². The van der Waals surface area contributed by atoms with Crippen LogP contribution >= 0.6 is 0 Å². The molecule has 4 heteroatoms. The van der Waals surface area contributed by atoms with Crippen LogP contribution in [0.2, 0.25) is 0 Å². The lowest BCUT2D eigenvalue weighted by Crippen LogP contribution is -2.31. The van der Waals surface area contributed by atoms with Gasteiger partial charge in [0.25, 0.3) is 0 Å². The molecule has 21 heavy (non-hydrogen) atoms. The minimum atomic E-state index is 0.303. The number of nitrogens with two attached hydrogens (primary N) is 1. The Kier molecular flexibility index (Phi) is 5.62. The molecule has 0 saturated heterocycles. The van der Waals surface area contributed by atoms with Crippen molar-refractivity contribution < 1.29 is 5.21 Å². The minimum absolute atomic E-state index is 0.303. The number of oxime groups is 1. The monoisotopic (exact) mass is 289 g/mol. The van der Waals surface area contributed by atoms with E-state index in [0.717, 1.165) is 19.6 Å². The van der Waals surface area contributed by atoms with E-state index >= 15 is 0 Å². The fourth-order valence-electron chi connectivity index (χ4n) is 3.06. The number of hydrogen-bond acceptors (Lipinski definition) is 3. The Hall–Kier alpha value is -1.55. The van der Waals surface area contributed by atoms with Crippen LogP contribution in [-0.2, 0) is 19.4 Å². The van der Waals surface area contributed by atoms with Crippen molar-refractivity contribution in [2.45, 2.75) is 46.1 Å². The molecule has 4 nitrogen and oxygen atoms in total. The summed E-state index contributed by atoms with van der Waals surface area (Å²) < 4.78 is 0. The SMILES string of the molecule is CC(C)CN(CCC(N)=NO)Cc1ccc2c(c1)CCC2. The summed E-state index contributed by atoms with van der Waals surface area (Å²) in [6, 6.07) is 6.90. The van der Waals surface area contributed by atoms with Crippen molar-refractivity contribution in [1.29, 1.82) is 0 Å². The second-order valence-electron chi connectivity index (χ2n) is 6.43. The number of hydrogen-bond donors (Lipinski definition) is 2. The van der Waals surface area contributed by atoms with Crippen molar-refractivity contribution in [3.63, 3.8) is 0 Å². The second-order valence-corrected chi connectivity index (χ2v) is 6.43. The Balaban J connectivity index is 2.00. The van der Waals surface area contributed by atoms with Crippen LogP contribution in [0.1, 0.15) is 43.4 Å². The summed E-state index contributed by atoms with van der Waals surface area (Å²) in [5, 5.41) is 11.7. The first-order valence-corrected chi connectivity index (χ1v) is 7.88. The lowest BCUT2D eigenvalue weighted by molar-refractivity contribution is 0.240. The summed E-state index contributed by atoms with van der Waals surface area (Å²) in [4.78, 5) is 2.39. The molecule has 1 aromatic rings. The van der Waals surface area contributed by atoms with E-state index in [1.807, 2.05) is 0 Å². The Morgan fingerprint density at radius 2 is 2.10 bits per heavy atom. The normalized spacial score (nSPS) is 15.0. The third-order valence-electron chi connectivity index (χ3n) is 4.01. The molecule has 0 atom stereocenters. The molecule has 0 aromatic heterocycles. The molecular weight excluding hydrogens is 262 g/mol. The number of amidine groups is 1. The molecule has 0 heterocycles. The fraction of sp³-hybridized carbons (Fsp3) is 0.588. The van der Waals surface area contributed by atoms with Gasteiger partial charge in [0, 0.05) is 26.1 Å². The van der Waals surface area contributed by atoms with Gasteiger partial charge in [-0.05, 0) is 41.9 Å². The summed E-state index contributed by atoms with van der Waals surface area (Å²) in [5.74, 6) is 0.907. The molecule has 3 N–H and O–H groups in total. The first-order chi connectivity index (χ1) is 10.1. The van der Waals surface area contributed by atoms with Gasteiger partial charge in [-0.1, -0.05) is 37.2 Å². The van der Waals surface area contributed by atoms with Crippen LogP contribution in [0.15, 0.2) is 23.4 Å². The zero-order valence-electron chi connectivity index (χ0n) is 13.2. The molecule has 0 unspecified atom stereocenters. The van der Waals surface area contributed by atoms with Crippen LogP contribution in [-0.4, -0.2) is 29.0 Å². The van der Waals surface area contributed by atoms with Crippen molar-refractivity contribution in [2.75, 3.05) is 13.1 Å². The molecule has 1 aromatic carbocycles. The van der Waals surface area contributed by atoms with Crippen LogP contribution in [0.4, 0.5) is 0 Å². The molecule has 0 fully saturated rings. The lowest BCUT2D eigenvalue weighted by atomic mass is 10.1. The van der Waals surface area contributed by atoms with Crippen LogP contribution in [0.25, 0.3) is 0 Å². The predicted octanol–water partition coefficient (Wildman–Crippen LogP) is 2.77. The van der Waals surface area contributed by atoms with Gasteiger partial charge in [-0.2, -0.15) is 0 Å². The van der Waals surface area contributed by atoms with Gasteiger partial charge < -0.3 is 10.9 Å². The highest BCUT2D eigenvalue weighted by atomic mass is 16.4. The average molecular weight is 289 g/mol. The van der Waals surface area contributed by atoms with Gasteiger partial charge in [0.2, 0.25) is 0 Å². The summed E-state index contributed by atoms with van der Waals surface area (Å²) >= 11 is 0. The van der Waals surface area contributed by atoms with Gasteiger partial charge in [-0.3, -0.25) is 4.90 Å². The third-order valence-corrected chi connectivity index (χ3v) is 4.01. The Labute approximate surface area is 127 Å². The molecule has 1 aliphatic rings. The summed E-state index contributed by atoms with van der Waals surface area (Å²) in [7, 11) is 0. The number of aryl methyl sites for hydroxylation is 2. The number of nitrogens with zero attached hydrogens (tertiary/aromatic N) is 2. The van der Waals surface area contributed by atoms with Crippen LogP contribution < -0.4 is 5.73 Å². The van der Waals surface area contributed by atoms with E-state index < -0.39 is 0 Å². The first kappa shape index (κ1) is 15.8. The highest BCUT2D eigenvalue weighted by Gasteiger charge is 2.13.